The first-order valence-corrected chi connectivity index (χ1v) is 18.3. The minimum Gasteiger partial charge on any atom is -0.619 e. The molecule has 1 aliphatic carbocycles. The third-order valence-electron chi connectivity index (χ3n) is 8.12. The smallest absolute Gasteiger partial charge is 0.387 e. The number of aromatic nitrogens is 1. The topological polar surface area (TPSA) is 122 Å². The van der Waals surface area contributed by atoms with Crippen LogP contribution in [0, 0.1) is 11.1 Å². The van der Waals surface area contributed by atoms with Crippen LogP contribution in [0.3, 0.4) is 0 Å². The van der Waals surface area contributed by atoms with Gasteiger partial charge in [0.25, 0.3) is 0 Å². The first kappa shape index (κ1) is 34.6. The van der Waals surface area contributed by atoms with Gasteiger partial charge in [-0.15, -0.1) is 11.8 Å². The summed E-state index contributed by atoms with van der Waals surface area (Å²) in [7, 11) is -2.33. The van der Waals surface area contributed by atoms with Crippen molar-refractivity contribution in [2.45, 2.75) is 42.2 Å². The van der Waals surface area contributed by atoms with Gasteiger partial charge in [-0.3, -0.25) is 0 Å². The standard InChI is InChI=1S/C31H31Cl2F2N3O8S2/c1-36-8-10-43-25-7-5-20(13-24(25)36)48(41,42)38-9-11-47-29(38)30(39)45-27(14-21-22(32)15-37(40)16-23(21)33)19-4-6-26(46-31(34)35)28(12-19)44-17-18-2-3-18/h4-7,12-13,15-16,18,27,29,31H,2-3,8-11,14,17H2,1H3. The van der Waals surface area contributed by atoms with Crippen LogP contribution < -0.4 is 23.8 Å². The van der Waals surface area contributed by atoms with Crippen LogP contribution in [0.25, 0.3) is 0 Å². The molecule has 0 spiro atoms. The summed E-state index contributed by atoms with van der Waals surface area (Å²) in [5.41, 5.74) is 1.21. The number of thioether (sulfide) groups is 1. The molecule has 1 saturated heterocycles. The van der Waals surface area contributed by atoms with Crippen molar-refractivity contribution in [3.63, 3.8) is 0 Å². The summed E-state index contributed by atoms with van der Waals surface area (Å²) in [6.45, 7) is -1.72. The summed E-state index contributed by atoms with van der Waals surface area (Å²) in [6.07, 6.45) is 2.79. The minimum absolute atomic E-state index is 0.00205. The number of esters is 1. The van der Waals surface area contributed by atoms with Crippen LogP contribution in [-0.2, 0) is 26.0 Å². The van der Waals surface area contributed by atoms with Crippen LogP contribution in [0.5, 0.6) is 17.2 Å². The van der Waals surface area contributed by atoms with Gasteiger partial charge in [0.2, 0.25) is 10.0 Å². The Labute approximate surface area is 290 Å². The second-order valence-electron chi connectivity index (χ2n) is 11.5. The summed E-state index contributed by atoms with van der Waals surface area (Å²) in [5.74, 6) is 0.133. The molecule has 3 aromatic rings. The zero-order valence-electron chi connectivity index (χ0n) is 25.5. The minimum atomic E-state index is -4.16. The van der Waals surface area contributed by atoms with Crippen molar-refractivity contribution in [3.05, 3.63) is 75.2 Å². The number of pyridine rings is 1. The molecule has 48 heavy (non-hydrogen) atoms. The average Bonchev–Trinajstić information content (AvgIpc) is 3.73. The molecule has 6 rings (SSSR count). The molecule has 0 N–H and O–H groups in total. The number of fused-ring (bicyclic) bond motifs is 1. The summed E-state index contributed by atoms with van der Waals surface area (Å²) in [6, 6.07) is 8.69. The fraction of sp³-hybridized carbons (Fsp3) is 0.419. The molecule has 2 aromatic carbocycles. The van der Waals surface area contributed by atoms with Crippen LogP contribution in [0.4, 0.5) is 14.5 Å². The van der Waals surface area contributed by atoms with E-state index in [1.165, 1.54) is 30.3 Å². The second kappa shape index (κ2) is 14.3. The fourth-order valence-electron chi connectivity index (χ4n) is 5.37. The molecule has 2 unspecified atom stereocenters. The molecule has 2 atom stereocenters. The molecule has 258 valence electrons. The van der Waals surface area contributed by atoms with Gasteiger partial charge in [0.15, 0.2) is 29.3 Å². The monoisotopic (exact) mass is 745 g/mol. The maximum absolute atomic E-state index is 13.9. The van der Waals surface area contributed by atoms with Crippen LogP contribution in [0.1, 0.15) is 30.1 Å². The highest BCUT2D eigenvalue weighted by atomic mass is 35.5. The van der Waals surface area contributed by atoms with E-state index in [2.05, 4.69) is 4.74 Å². The van der Waals surface area contributed by atoms with Crippen molar-refractivity contribution >= 4 is 56.6 Å². The number of alkyl halides is 2. The second-order valence-corrected chi connectivity index (χ2v) is 15.4. The van der Waals surface area contributed by atoms with Gasteiger partial charge in [-0.05, 0) is 54.7 Å². The highest BCUT2D eigenvalue weighted by Crippen LogP contribution is 2.40. The predicted octanol–water partition coefficient (Wildman–Crippen LogP) is 5.44. The van der Waals surface area contributed by atoms with E-state index in [0.717, 1.165) is 41.3 Å². The maximum Gasteiger partial charge on any atom is 0.387 e. The van der Waals surface area contributed by atoms with E-state index in [4.69, 9.17) is 37.4 Å². The lowest BCUT2D eigenvalue weighted by Gasteiger charge is -2.29. The Morgan fingerprint density at radius 2 is 1.88 bits per heavy atom. The molecule has 1 saturated carbocycles. The highest BCUT2D eigenvalue weighted by Gasteiger charge is 2.42. The van der Waals surface area contributed by atoms with E-state index in [1.54, 1.807) is 6.07 Å². The van der Waals surface area contributed by atoms with Gasteiger partial charge in [0.05, 0.1) is 23.7 Å². The number of carbonyl (C=O) groups is 1. The number of halogens is 4. The number of rotatable bonds is 12. The predicted molar refractivity (Wildman–Crippen MR) is 175 cm³/mol. The van der Waals surface area contributed by atoms with E-state index >= 15 is 0 Å². The molecule has 17 heteroatoms. The van der Waals surface area contributed by atoms with Crippen LogP contribution in [0.15, 0.2) is 53.7 Å². The zero-order valence-corrected chi connectivity index (χ0v) is 28.7. The Morgan fingerprint density at radius 1 is 1.12 bits per heavy atom. The van der Waals surface area contributed by atoms with Crippen LogP contribution in [-0.4, -0.2) is 69.8 Å². The average molecular weight is 747 g/mol. The quantitative estimate of drug-likeness (QED) is 0.135. The van der Waals surface area contributed by atoms with Crippen molar-refractivity contribution in [2.24, 2.45) is 5.92 Å². The molecular formula is C31H31Cl2F2N3O8S2. The number of sulfonamides is 1. The first-order valence-electron chi connectivity index (χ1n) is 15.0. The highest BCUT2D eigenvalue weighted by molar-refractivity contribution is 8.02. The number of likely N-dealkylation sites (N-methyl/N-ethyl adjacent to an activating group) is 1. The van der Waals surface area contributed by atoms with E-state index in [0.29, 0.717) is 40.6 Å². The Hall–Kier alpha value is -3.24. The third kappa shape index (κ3) is 7.65. The van der Waals surface area contributed by atoms with Gasteiger partial charge in [-0.2, -0.15) is 17.8 Å². The van der Waals surface area contributed by atoms with Gasteiger partial charge in [-0.25, -0.2) is 13.2 Å². The number of hydrogen-bond acceptors (Lipinski definition) is 10. The molecule has 11 nitrogen and oxygen atoms in total. The molecule has 2 fully saturated rings. The molecule has 1 aromatic heterocycles. The molecule has 3 aliphatic rings. The molecule has 3 heterocycles. The number of carbonyl (C=O) groups excluding carboxylic acids is 1. The number of hydrogen-bond donors (Lipinski definition) is 0. The van der Waals surface area contributed by atoms with Crippen molar-refractivity contribution in [1.82, 2.24) is 4.31 Å². The zero-order chi connectivity index (χ0) is 34.2. The SMILES string of the molecule is CN1CCOc2ccc(S(=O)(=O)N3CCSC3C(=O)OC(Cc3c(Cl)c[n+]([O-])cc3Cl)c3ccc(OC(F)F)c(OCC4CC4)c3)cc21. The third-order valence-corrected chi connectivity index (χ3v) is 11.9. The number of benzene rings is 2. The van der Waals surface area contributed by atoms with Crippen molar-refractivity contribution in [1.29, 1.82) is 0 Å². The molecule has 2 aliphatic heterocycles. The molecule has 0 radical (unpaired) electrons. The molecule has 0 bridgehead atoms. The van der Waals surface area contributed by atoms with Gasteiger partial charge >= 0.3 is 12.6 Å². The lowest BCUT2D eigenvalue weighted by Crippen LogP contribution is -2.41. The van der Waals surface area contributed by atoms with Gasteiger partial charge < -0.3 is 29.1 Å². The summed E-state index contributed by atoms with van der Waals surface area (Å²) < 4.78 is 77.9. The summed E-state index contributed by atoms with van der Waals surface area (Å²) in [5, 5.41) is 10.7. The number of ether oxygens (including phenoxy) is 4. The van der Waals surface area contributed by atoms with Crippen LogP contribution >= 0.6 is 35.0 Å². The largest absolute Gasteiger partial charge is 0.619 e. The first-order chi connectivity index (χ1) is 22.9. The lowest BCUT2D eigenvalue weighted by atomic mass is 10.0. The summed E-state index contributed by atoms with van der Waals surface area (Å²) >= 11 is 13.8. The Bertz CT molecular complexity index is 1780. The molecular weight excluding hydrogens is 715 g/mol. The fourth-order valence-corrected chi connectivity index (χ4v) is 9.04. The van der Waals surface area contributed by atoms with Crippen molar-refractivity contribution in [3.8, 4) is 17.2 Å². The van der Waals surface area contributed by atoms with Gasteiger partial charge in [0.1, 0.15) is 28.5 Å². The summed E-state index contributed by atoms with van der Waals surface area (Å²) in [4.78, 5) is 15.8. The number of anilines is 1. The lowest BCUT2D eigenvalue weighted by molar-refractivity contribution is -0.605. The molecule has 0 amide bonds. The van der Waals surface area contributed by atoms with Crippen molar-refractivity contribution < 1.29 is 45.7 Å². The van der Waals surface area contributed by atoms with E-state index in [-0.39, 0.29) is 57.5 Å². The van der Waals surface area contributed by atoms with E-state index in [9.17, 15) is 27.2 Å². The van der Waals surface area contributed by atoms with Crippen molar-refractivity contribution in [2.75, 3.05) is 44.0 Å². The van der Waals surface area contributed by atoms with E-state index in [1.807, 2.05) is 11.9 Å². The number of nitrogens with zero attached hydrogens (tertiary/aromatic N) is 3. The maximum atomic E-state index is 13.9. The van der Waals surface area contributed by atoms with Gasteiger partial charge in [0, 0.05) is 31.3 Å². The van der Waals surface area contributed by atoms with Gasteiger partial charge in [-0.1, -0.05) is 29.3 Å². The normalized spacial score (nSPS) is 18.7. The van der Waals surface area contributed by atoms with E-state index < -0.39 is 34.1 Å². The Morgan fingerprint density at radius 3 is 2.58 bits per heavy atom. The van der Waals surface area contributed by atoms with Crippen LogP contribution in [0.2, 0.25) is 10.0 Å². The Balaban J connectivity index is 1.31. The Kier molecular flexibility index (Phi) is 10.3.